The van der Waals surface area contributed by atoms with Crippen LogP contribution in [0.1, 0.15) is 44.9 Å². The lowest BCUT2D eigenvalue weighted by atomic mass is 10.0. The first kappa shape index (κ1) is 32.3. The molecule has 0 spiro atoms. The van der Waals surface area contributed by atoms with Crippen LogP contribution < -0.4 is 16.0 Å². The third-order valence-corrected chi connectivity index (χ3v) is 8.29. The Balaban J connectivity index is 1.00. The van der Waals surface area contributed by atoms with Gasteiger partial charge in [-0.15, -0.1) is 0 Å². The lowest BCUT2D eigenvalue weighted by Crippen LogP contribution is -2.36. The molecule has 3 fully saturated rings. The number of hydrogen-bond donors (Lipinski definition) is 3. The van der Waals surface area contributed by atoms with E-state index < -0.39 is 0 Å². The Kier molecular flexibility index (Phi) is 14.7. The highest BCUT2D eigenvalue weighted by molar-refractivity contribution is 8.00. The van der Waals surface area contributed by atoms with Crippen molar-refractivity contribution in [2.45, 2.75) is 62.3 Å². The number of likely N-dealkylation sites (tertiary alicyclic amines) is 1. The zero-order valence-electron chi connectivity index (χ0n) is 23.0. The topological polar surface area (TPSA) is 162 Å². The van der Waals surface area contributed by atoms with Gasteiger partial charge >= 0.3 is 6.03 Å². The molecule has 3 saturated heterocycles. The summed E-state index contributed by atoms with van der Waals surface area (Å²) in [6.07, 6.45) is 3.79. The monoisotopic (exact) mass is 586 g/mol. The quantitative estimate of drug-likeness (QED) is 0.0895. The number of ether oxygens (including phenoxy) is 4. The van der Waals surface area contributed by atoms with Crippen molar-refractivity contribution in [3.63, 3.8) is 0 Å². The summed E-state index contributed by atoms with van der Waals surface area (Å²) in [5.74, 6) is 0.190. The summed E-state index contributed by atoms with van der Waals surface area (Å²) >= 11 is 1.89. The highest BCUT2D eigenvalue weighted by atomic mass is 32.2. The molecule has 3 rings (SSSR count). The van der Waals surface area contributed by atoms with Crippen molar-refractivity contribution in [3.05, 3.63) is 0 Å². The molecule has 13 nitrogen and oxygen atoms in total. The number of amides is 5. The van der Waals surface area contributed by atoms with Gasteiger partial charge in [0.1, 0.15) is 0 Å². The second-order valence-corrected chi connectivity index (χ2v) is 11.1. The summed E-state index contributed by atoms with van der Waals surface area (Å²) in [6.45, 7) is 3.30. The molecule has 3 aliphatic heterocycles. The number of unbranched alkanes of at least 4 members (excludes halogenated alkanes) is 1. The van der Waals surface area contributed by atoms with Gasteiger partial charge in [0.05, 0.1) is 71.5 Å². The first-order valence-corrected chi connectivity index (χ1v) is 15.1. The van der Waals surface area contributed by atoms with Crippen LogP contribution in [0.4, 0.5) is 4.79 Å². The van der Waals surface area contributed by atoms with E-state index in [1.54, 1.807) is 0 Å². The van der Waals surface area contributed by atoms with E-state index in [2.05, 4.69) is 16.0 Å². The van der Waals surface area contributed by atoms with Crippen LogP contribution in [0, 0.1) is 0 Å². The van der Waals surface area contributed by atoms with Gasteiger partial charge in [-0.1, -0.05) is 6.42 Å². The third kappa shape index (κ3) is 11.7. The van der Waals surface area contributed by atoms with Gasteiger partial charge in [-0.05, 0) is 12.8 Å². The first-order chi connectivity index (χ1) is 19.4. The number of ketones is 1. The molecule has 0 aliphatic carbocycles. The number of carbonyl (C=O) groups is 5. The van der Waals surface area contributed by atoms with Gasteiger partial charge in [0.2, 0.25) is 17.7 Å². The van der Waals surface area contributed by atoms with Crippen molar-refractivity contribution in [2.75, 3.05) is 71.7 Å². The van der Waals surface area contributed by atoms with E-state index >= 15 is 0 Å². The molecular weight excluding hydrogens is 544 g/mol. The molecule has 3 aliphatic rings. The molecule has 226 valence electrons. The van der Waals surface area contributed by atoms with Gasteiger partial charge in [0, 0.05) is 43.2 Å². The zero-order chi connectivity index (χ0) is 28.6. The standard InChI is InChI=1S/C26H42N4O9S/c31-19(17-30-23(33)5-6-24(30)34)7-9-36-11-13-38-15-16-39-14-12-37-10-8-27-22(32)4-2-1-3-21-25-20(18-40-21)28-26(35)29-25/h20-21,25H,1-18H2,(H,27,32)(H2,28,29,35)/t20-,21-,25-/m0/s1. The summed E-state index contributed by atoms with van der Waals surface area (Å²) in [7, 11) is 0. The minimum atomic E-state index is -0.291. The van der Waals surface area contributed by atoms with Crippen molar-refractivity contribution in [3.8, 4) is 0 Å². The molecule has 0 aromatic heterocycles. The fraction of sp³-hybridized carbons (Fsp3) is 0.808. The number of carbonyl (C=O) groups excluding carboxylic acids is 5. The Morgan fingerprint density at radius 1 is 0.825 bits per heavy atom. The number of imide groups is 1. The average Bonchev–Trinajstić information content (AvgIpc) is 3.58. The molecule has 0 unspecified atom stereocenters. The number of hydrogen-bond acceptors (Lipinski definition) is 10. The highest BCUT2D eigenvalue weighted by Gasteiger charge is 2.42. The Bertz CT molecular complexity index is 846. The smallest absolute Gasteiger partial charge is 0.315 e. The van der Waals surface area contributed by atoms with Crippen molar-refractivity contribution in [1.29, 1.82) is 0 Å². The fourth-order valence-electron chi connectivity index (χ4n) is 4.63. The highest BCUT2D eigenvalue weighted by Crippen LogP contribution is 2.33. The molecule has 0 aromatic rings. The second-order valence-electron chi connectivity index (χ2n) is 9.83. The van der Waals surface area contributed by atoms with Crippen molar-refractivity contribution in [2.24, 2.45) is 0 Å². The lowest BCUT2D eigenvalue weighted by molar-refractivity contribution is -0.142. The molecule has 3 N–H and O–H groups in total. The number of fused-ring (bicyclic) bond motifs is 1. The van der Waals surface area contributed by atoms with E-state index in [1.807, 2.05) is 11.8 Å². The maximum absolute atomic E-state index is 12.0. The minimum absolute atomic E-state index is 0.0235. The van der Waals surface area contributed by atoms with Gasteiger partial charge < -0.3 is 34.9 Å². The van der Waals surface area contributed by atoms with Crippen LogP contribution in [0.5, 0.6) is 0 Å². The van der Waals surface area contributed by atoms with Crippen LogP contribution in [-0.2, 0) is 38.1 Å². The number of urea groups is 1. The van der Waals surface area contributed by atoms with Crippen molar-refractivity contribution >= 4 is 41.3 Å². The van der Waals surface area contributed by atoms with Crippen LogP contribution >= 0.6 is 11.8 Å². The summed E-state index contributed by atoms with van der Waals surface area (Å²) < 4.78 is 21.6. The molecule has 0 aromatic carbocycles. The summed E-state index contributed by atoms with van der Waals surface area (Å²) in [6, 6.07) is 0.382. The van der Waals surface area contributed by atoms with E-state index in [1.165, 1.54) is 0 Å². The number of thioether (sulfide) groups is 1. The Hall–Kier alpha value is -2.26. The van der Waals surface area contributed by atoms with Gasteiger partial charge in [-0.3, -0.25) is 24.1 Å². The largest absolute Gasteiger partial charge is 0.379 e. The van der Waals surface area contributed by atoms with E-state index in [9.17, 15) is 24.0 Å². The average molecular weight is 587 g/mol. The minimum Gasteiger partial charge on any atom is -0.379 e. The molecule has 40 heavy (non-hydrogen) atoms. The number of Topliss-reactive ketones (excluding diaryl/α,β-unsaturated/α-hetero) is 1. The second kappa shape index (κ2) is 18.2. The first-order valence-electron chi connectivity index (χ1n) is 14.0. The Morgan fingerprint density at radius 3 is 2.12 bits per heavy atom. The zero-order valence-corrected chi connectivity index (χ0v) is 23.8. The van der Waals surface area contributed by atoms with E-state index in [4.69, 9.17) is 18.9 Å². The lowest BCUT2D eigenvalue weighted by Gasteiger charge is -2.16. The predicted octanol–water partition coefficient (Wildman–Crippen LogP) is 0.00300. The van der Waals surface area contributed by atoms with E-state index in [0.717, 1.165) is 29.9 Å². The number of nitrogens with one attached hydrogen (secondary N) is 3. The maximum Gasteiger partial charge on any atom is 0.315 e. The van der Waals surface area contributed by atoms with Crippen LogP contribution in [0.15, 0.2) is 0 Å². The normalized spacial score (nSPS) is 21.9. The molecule has 0 saturated carbocycles. The SMILES string of the molecule is O=C(CCOCCOCCOCCOCCNC(=O)CCCC[C@@H]1SC[C@@H]2NC(=O)N[C@@H]21)CN1C(=O)CCC1=O. The predicted molar refractivity (Wildman–Crippen MR) is 146 cm³/mol. The van der Waals surface area contributed by atoms with Crippen LogP contribution in [0.25, 0.3) is 0 Å². The van der Waals surface area contributed by atoms with Crippen molar-refractivity contribution < 1.29 is 42.9 Å². The molecule has 14 heteroatoms. The molecule has 3 heterocycles. The Labute approximate surface area is 239 Å². The third-order valence-electron chi connectivity index (χ3n) is 6.78. The summed E-state index contributed by atoms with van der Waals surface area (Å²) in [5, 5.41) is 9.22. The number of nitrogens with zero attached hydrogens (tertiary/aromatic N) is 1. The van der Waals surface area contributed by atoms with Crippen LogP contribution in [-0.4, -0.2) is 123 Å². The molecule has 5 amide bonds. The van der Waals surface area contributed by atoms with E-state index in [-0.39, 0.29) is 74.0 Å². The summed E-state index contributed by atoms with van der Waals surface area (Å²) in [4.78, 5) is 59.3. The van der Waals surface area contributed by atoms with E-state index in [0.29, 0.717) is 64.5 Å². The molecule has 3 atom stereocenters. The maximum atomic E-state index is 12.0. The van der Waals surface area contributed by atoms with Crippen molar-refractivity contribution in [1.82, 2.24) is 20.9 Å². The van der Waals surface area contributed by atoms with Crippen LogP contribution in [0.3, 0.4) is 0 Å². The van der Waals surface area contributed by atoms with Gasteiger partial charge in [0.15, 0.2) is 5.78 Å². The molecule has 0 bridgehead atoms. The van der Waals surface area contributed by atoms with Gasteiger partial charge in [-0.25, -0.2) is 4.79 Å². The van der Waals surface area contributed by atoms with Crippen LogP contribution in [0.2, 0.25) is 0 Å². The number of rotatable bonds is 22. The molecular formula is C26H42N4O9S. The fourth-order valence-corrected chi connectivity index (χ4v) is 6.17. The Morgan fingerprint density at radius 2 is 1.45 bits per heavy atom. The summed E-state index contributed by atoms with van der Waals surface area (Å²) in [5.41, 5.74) is 0. The molecule has 0 radical (unpaired) electrons. The van der Waals surface area contributed by atoms with Gasteiger partial charge in [-0.2, -0.15) is 11.8 Å². The van der Waals surface area contributed by atoms with Gasteiger partial charge in [0.25, 0.3) is 0 Å².